The summed E-state index contributed by atoms with van der Waals surface area (Å²) >= 11 is 11.8. The van der Waals surface area contributed by atoms with Gasteiger partial charge in [-0.1, -0.05) is 23.2 Å². The van der Waals surface area contributed by atoms with E-state index in [1.165, 1.54) is 11.8 Å². The summed E-state index contributed by atoms with van der Waals surface area (Å²) in [5.74, 6) is -0.747. The summed E-state index contributed by atoms with van der Waals surface area (Å²) < 4.78 is 4.92. The Bertz CT molecular complexity index is 491. The average Bonchev–Trinajstić information content (AvgIpc) is 2.33. The number of hydrogen-bond donors (Lipinski definition) is 0. The second-order valence-electron chi connectivity index (χ2n) is 3.92. The van der Waals surface area contributed by atoms with Gasteiger partial charge in [0.25, 0.3) is 0 Å². The van der Waals surface area contributed by atoms with Gasteiger partial charge in [-0.15, -0.1) is 0 Å². The third-order valence-electron chi connectivity index (χ3n) is 2.54. The monoisotopic (exact) mass is 303 g/mol. The standard InChI is InChI=1S/C13H15Cl2NO3/c1-4-19-13(18)8(2)16(9(3)17)10-5-6-11(14)12(15)7-10/h5-8H,4H2,1-3H3/t8-/m0/s1. The van der Waals surface area contributed by atoms with Crippen LogP contribution in [0.15, 0.2) is 18.2 Å². The Morgan fingerprint density at radius 2 is 1.95 bits per heavy atom. The molecule has 0 bridgehead atoms. The average molecular weight is 304 g/mol. The number of halogens is 2. The lowest BCUT2D eigenvalue weighted by atomic mass is 10.2. The summed E-state index contributed by atoms with van der Waals surface area (Å²) in [5.41, 5.74) is 0.502. The number of carbonyl (C=O) groups is 2. The van der Waals surface area contributed by atoms with Crippen molar-refractivity contribution in [3.63, 3.8) is 0 Å². The number of benzene rings is 1. The molecule has 1 aromatic rings. The molecular formula is C13H15Cl2NO3. The number of amides is 1. The zero-order valence-electron chi connectivity index (χ0n) is 10.9. The number of ether oxygens (including phenoxy) is 1. The molecule has 104 valence electrons. The Labute approximate surface area is 122 Å². The van der Waals surface area contributed by atoms with Gasteiger partial charge in [-0.3, -0.25) is 9.69 Å². The van der Waals surface area contributed by atoms with Crippen LogP contribution in [-0.4, -0.2) is 24.5 Å². The fourth-order valence-corrected chi connectivity index (χ4v) is 1.97. The van der Waals surface area contributed by atoms with Crippen LogP contribution in [0.3, 0.4) is 0 Å². The van der Waals surface area contributed by atoms with Crippen LogP contribution in [0.25, 0.3) is 0 Å². The number of hydrogen-bond acceptors (Lipinski definition) is 3. The number of anilines is 1. The summed E-state index contributed by atoms with van der Waals surface area (Å²) in [6.45, 7) is 4.94. The number of esters is 1. The lowest BCUT2D eigenvalue weighted by molar-refractivity contribution is -0.145. The number of rotatable bonds is 4. The van der Waals surface area contributed by atoms with Crippen molar-refractivity contribution in [2.75, 3.05) is 11.5 Å². The highest BCUT2D eigenvalue weighted by molar-refractivity contribution is 6.42. The maximum atomic E-state index is 11.7. The molecule has 0 heterocycles. The van der Waals surface area contributed by atoms with Gasteiger partial charge in [-0.05, 0) is 32.0 Å². The maximum Gasteiger partial charge on any atom is 0.328 e. The normalized spacial score (nSPS) is 11.8. The van der Waals surface area contributed by atoms with Gasteiger partial charge in [-0.2, -0.15) is 0 Å². The molecule has 1 atom stereocenters. The molecule has 0 aliphatic rings. The molecule has 6 heteroatoms. The molecule has 0 aliphatic carbocycles. The first-order valence-corrected chi connectivity index (χ1v) is 6.55. The lowest BCUT2D eigenvalue weighted by Gasteiger charge is -2.26. The first kappa shape index (κ1) is 15.8. The van der Waals surface area contributed by atoms with Crippen molar-refractivity contribution in [3.8, 4) is 0 Å². The molecule has 0 fully saturated rings. The van der Waals surface area contributed by atoms with E-state index in [2.05, 4.69) is 0 Å². The molecule has 0 saturated heterocycles. The van der Waals surface area contributed by atoms with Crippen LogP contribution >= 0.6 is 23.2 Å². The topological polar surface area (TPSA) is 46.6 Å². The lowest BCUT2D eigenvalue weighted by Crippen LogP contribution is -2.43. The molecule has 0 aromatic heterocycles. The highest BCUT2D eigenvalue weighted by Gasteiger charge is 2.26. The van der Waals surface area contributed by atoms with Gasteiger partial charge in [-0.25, -0.2) is 4.79 Å². The molecule has 4 nitrogen and oxygen atoms in total. The minimum atomic E-state index is -0.727. The summed E-state index contributed by atoms with van der Waals surface area (Å²) in [6.07, 6.45) is 0. The second kappa shape index (κ2) is 6.78. The predicted molar refractivity (Wildman–Crippen MR) is 75.7 cm³/mol. The third kappa shape index (κ3) is 3.85. The molecule has 0 saturated carbocycles. The van der Waals surface area contributed by atoms with E-state index in [-0.39, 0.29) is 12.5 Å². The first-order valence-electron chi connectivity index (χ1n) is 5.80. The summed E-state index contributed by atoms with van der Waals surface area (Å²) in [4.78, 5) is 24.8. The Kier molecular flexibility index (Phi) is 5.63. The van der Waals surface area contributed by atoms with Gasteiger partial charge in [0.05, 0.1) is 16.7 Å². The van der Waals surface area contributed by atoms with E-state index >= 15 is 0 Å². The molecule has 1 aromatic carbocycles. The SMILES string of the molecule is CCOC(=O)[C@H](C)N(C(C)=O)c1ccc(Cl)c(Cl)c1. The smallest absolute Gasteiger partial charge is 0.328 e. The zero-order chi connectivity index (χ0) is 14.6. The summed E-state index contributed by atoms with van der Waals surface area (Å²) in [7, 11) is 0. The molecular weight excluding hydrogens is 289 g/mol. The van der Waals surface area contributed by atoms with Crippen LogP contribution in [0.4, 0.5) is 5.69 Å². The molecule has 1 rings (SSSR count). The van der Waals surface area contributed by atoms with E-state index in [9.17, 15) is 9.59 Å². The van der Waals surface area contributed by atoms with E-state index in [0.29, 0.717) is 15.7 Å². The van der Waals surface area contributed by atoms with Crippen LogP contribution in [-0.2, 0) is 14.3 Å². The minimum absolute atomic E-state index is 0.260. The van der Waals surface area contributed by atoms with E-state index in [0.717, 1.165) is 0 Å². The van der Waals surface area contributed by atoms with Crippen LogP contribution in [0.1, 0.15) is 20.8 Å². The van der Waals surface area contributed by atoms with Crippen LogP contribution in [0.5, 0.6) is 0 Å². The first-order chi connectivity index (χ1) is 8.88. The van der Waals surface area contributed by atoms with Crippen molar-refractivity contribution in [2.45, 2.75) is 26.8 Å². The summed E-state index contributed by atoms with van der Waals surface area (Å²) in [5, 5.41) is 0.708. The fraction of sp³-hybridized carbons (Fsp3) is 0.385. The molecule has 0 radical (unpaired) electrons. The summed E-state index contributed by atoms with van der Waals surface area (Å²) in [6, 6.07) is 4.02. The Balaban J connectivity index is 3.10. The van der Waals surface area contributed by atoms with Crippen molar-refractivity contribution in [1.82, 2.24) is 0 Å². The van der Waals surface area contributed by atoms with Gasteiger partial charge in [0.1, 0.15) is 6.04 Å². The number of nitrogens with zero attached hydrogens (tertiary/aromatic N) is 1. The van der Waals surface area contributed by atoms with Crippen LogP contribution in [0, 0.1) is 0 Å². The van der Waals surface area contributed by atoms with Crippen LogP contribution in [0.2, 0.25) is 10.0 Å². The van der Waals surface area contributed by atoms with Gasteiger partial charge < -0.3 is 4.74 Å². The quantitative estimate of drug-likeness (QED) is 0.802. The van der Waals surface area contributed by atoms with Crippen molar-refractivity contribution < 1.29 is 14.3 Å². The largest absolute Gasteiger partial charge is 0.464 e. The van der Waals surface area contributed by atoms with E-state index in [4.69, 9.17) is 27.9 Å². The van der Waals surface area contributed by atoms with E-state index < -0.39 is 12.0 Å². The van der Waals surface area contributed by atoms with Gasteiger partial charge in [0.15, 0.2) is 0 Å². The Morgan fingerprint density at radius 3 is 2.42 bits per heavy atom. The maximum absolute atomic E-state index is 11.7. The Morgan fingerprint density at radius 1 is 1.32 bits per heavy atom. The third-order valence-corrected chi connectivity index (χ3v) is 3.27. The molecule has 1 amide bonds. The van der Waals surface area contributed by atoms with Crippen LogP contribution < -0.4 is 4.90 Å². The minimum Gasteiger partial charge on any atom is -0.464 e. The van der Waals surface area contributed by atoms with Crippen molar-refractivity contribution in [3.05, 3.63) is 28.2 Å². The fourth-order valence-electron chi connectivity index (χ4n) is 1.68. The van der Waals surface area contributed by atoms with Gasteiger partial charge >= 0.3 is 5.97 Å². The molecule has 0 spiro atoms. The van der Waals surface area contributed by atoms with Gasteiger partial charge in [0.2, 0.25) is 5.91 Å². The Hall–Kier alpha value is -1.26. The molecule has 19 heavy (non-hydrogen) atoms. The van der Waals surface area contributed by atoms with E-state index in [1.54, 1.807) is 32.0 Å². The van der Waals surface area contributed by atoms with Crippen molar-refractivity contribution >= 4 is 40.8 Å². The molecule has 0 N–H and O–H groups in total. The highest BCUT2D eigenvalue weighted by Crippen LogP contribution is 2.28. The number of carbonyl (C=O) groups excluding carboxylic acids is 2. The van der Waals surface area contributed by atoms with Gasteiger partial charge in [0, 0.05) is 12.6 Å². The van der Waals surface area contributed by atoms with E-state index in [1.807, 2.05) is 0 Å². The van der Waals surface area contributed by atoms with Crippen molar-refractivity contribution in [1.29, 1.82) is 0 Å². The molecule has 0 unspecified atom stereocenters. The zero-order valence-corrected chi connectivity index (χ0v) is 12.5. The molecule has 0 aliphatic heterocycles. The van der Waals surface area contributed by atoms with Crippen molar-refractivity contribution in [2.24, 2.45) is 0 Å². The predicted octanol–water partition coefficient (Wildman–Crippen LogP) is 3.30. The second-order valence-corrected chi connectivity index (χ2v) is 4.73. The highest BCUT2D eigenvalue weighted by atomic mass is 35.5.